The fourth-order valence-electron chi connectivity index (χ4n) is 3.10. The van der Waals surface area contributed by atoms with Crippen molar-refractivity contribution in [3.63, 3.8) is 0 Å². The van der Waals surface area contributed by atoms with Crippen LogP contribution in [0.3, 0.4) is 0 Å². The monoisotopic (exact) mass is 342 g/mol. The second-order valence-electron chi connectivity index (χ2n) is 5.86. The highest BCUT2D eigenvalue weighted by molar-refractivity contribution is 6.31. The number of hydrogen-bond acceptors (Lipinski definition) is 2. The zero-order valence-corrected chi connectivity index (χ0v) is 13.6. The standard InChI is InChI=1S/C19H13ClF2N2/c1-10-7-13-12-6-5-11(20)8-14(12)19(24-17(13)9-23-10)18-15(21)3-2-4-16(18)22/h2-3,5-9,16H,4H2,1H3. The average molecular weight is 343 g/mol. The van der Waals surface area contributed by atoms with Gasteiger partial charge in [-0.15, -0.1) is 0 Å². The third-order valence-electron chi connectivity index (χ3n) is 4.21. The topological polar surface area (TPSA) is 25.8 Å². The van der Waals surface area contributed by atoms with E-state index in [4.69, 9.17) is 11.6 Å². The zero-order valence-electron chi connectivity index (χ0n) is 12.9. The molecule has 120 valence electrons. The maximum Gasteiger partial charge on any atom is 0.133 e. The maximum absolute atomic E-state index is 14.4. The molecule has 2 heterocycles. The predicted octanol–water partition coefficient (Wildman–Crippen LogP) is 5.72. The minimum Gasteiger partial charge on any atom is -0.259 e. The Balaban J connectivity index is 2.16. The highest BCUT2D eigenvalue weighted by atomic mass is 35.5. The number of rotatable bonds is 1. The normalized spacial score (nSPS) is 17.9. The molecule has 2 nitrogen and oxygen atoms in total. The Hall–Kier alpha value is -2.33. The lowest BCUT2D eigenvalue weighted by Crippen LogP contribution is -2.09. The van der Waals surface area contributed by atoms with Crippen molar-refractivity contribution in [2.75, 3.05) is 0 Å². The predicted molar refractivity (Wildman–Crippen MR) is 93.5 cm³/mol. The molecule has 24 heavy (non-hydrogen) atoms. The fraction of sp³-hybridized carbons (Fsp3) is 0.158. The molecule has 0 aliphatic heterocycles. The first-order valence-electron chi connectivity index (χ1n) is 7.61. The molecule has 0 spiro atoms. The van der Waals surface area contributed by atoms with Crippen LogP contribution in [-0.2, 0) is 0 Å². The van der Waals surface area contributed by atoms with Crippen molar-refractivity contribution in [1.29, 1.82) is 0 Å². The number of pyridine rings is 2. The third-order valence-corrected chi connectivity index (χ3v) is 4.45. The van der Waals surface area contributed by atoms with E-state index in [1.807, 2.05) is 19.1 Å². The van der Waals surface area contributed by atoms with Crippen LogP contribution in [0.15, 0.2) is 48.4 Å². The Morgan fingerprint density at radius 2 is 2.00 bits per heavy atom. The number of allylic oxidation sites excluding steroid dienone is 4. The number of fused-ring (bicyclic) bond motifs is 3. The molecule has 0 N–H and O–H groups in total. The van der Waals surface area contributed by atoms with Crippen LogP contribution in [0.25, 0.3) is 27.2 Å². The molecule has 4 rings (SSSR count). The van der Waals surface area contributed by atoms with Crippen molar-refractivity contribution in [2.24, 2.45) is 0 Å². The van der Waals surface area contributed by atoms with Crippen molar-refractivity contribution < 1.29 is 8.78 Å². The summed E-state index contributed by atoms with van der Waals surface area (Å²) in [4.78, 5) is 8.77. The summed E-state index contributed by atoms with van der Waals surface area (Å²) in [6.45, 7) is 1.89. The van der Waals surface area contributed by atoms with Gasteiger partial charge in [0.1, 0.15) is 12.0 Å². The Bertz CT molecular complexity index is 1040. The number of hydrogen-bond donors (Lipinski definition) is 0. The van der Waals surface area contributed by atoms with Gasteiger partial charge in [0.05, 0.1) is 17.4 Å². The molecule has 0 saturated heterocycles. The number of nitrogens with zero attached hydrogens (tertiary/aromatic N) is 2. The zero-order chi connectivity index (χ0) is 16.8. The lowest BCUT2D eigenvalue weighted by atomic mass is 9.94. The average Bonchev–Trinajstić information content (AvgIpc) is 2.55. The van der Waals surface area contributed by atoms with E-state index < -0.39 is 12.0 Å². The van der Waals surface area contributed by atoms with Crippen LogP contribution >= 0.6 is 11.6 Å². The summed E-state index contributed by atoms with van der Waals surface area (Å²) < 4.78 is 28.8. The van der Waals surface area contributed by atoms with E-state index in [0.29, 0.717) is 21.6 Å². The minimum atomic E-state index is -1.43. The molecule has 2 aromatic heterocycles. The van der Waals surface area contributed by atoms with E-state index in [-0.39, 0.29) is 12.0 Å². The van der Waals surface area contributed by atoms with Crippen LogP contribution in [0.1, 0.15) is 17.8 Å². The summed E-state index contributed by atoms with van der Waals surface area (Å²) >= 11 is 6.13. The van der Waals surface area contributed by atoms with E-state index in [9.17, 15) is 8.78 Å². The van der Waals surface area contributed by atoms with Crippen molar-refractivity contribution in [3.05, 3.63) is 64.9 Å². The van der Waals surface area contributed by atoms with Gasteiger partial charge in [-0.2, -0.15) is 0 Å². The summed E-state index contributed by atoms with van der Waals surface area (Å²) in [6.07, 6.45) is 3.12. The van der Waals surface area contributed by atoms with Gasteiger partial charge in [0.15, 0.2) is 0 Å². The molecule has 3 aromatic rings. The summed E-state index contributed by atoms with van der Waals surface area (Å²) in [6, 6.07) is 7.25. The van der Waals surface area contributed by atoms with Gasteiger partial charge in [-0.25, -0.2) is 13.8 Å². The highest BCUT2D eigenvalue weighted by Gasteiger charge is 2.25. The number of aromatic nitrogens is 2. The summed E-state index contributed by atoms with van der Waals surface area (Å²) in [5, 5.41) is 2.88. The van der Waals surface area contributed by atoms with E-state index in [1.54, 1.807) is 18.3 Å². The third kappa shape index (κ3) is 2.38. The SMILES string of the molecule is Cc1cc2c(cn1)nc(C1=C(F)C=CCC1F)c1cc(Cl)ccc12. The first-order chi connectivity index (χ1) is 11.5. The van der Waals surface area contributed by atoms with E-state index in [2.05, 4.69) is 9.97 Å². The Kier molecular flexibility index (Phi) is 3.57. The highest BCUT2D eigenvalue weighted by Crippen LogP contribution is 2.37. The summed E-state index contributed by atoms with van der Waals surface area (Å²) in [7, 11) is 0. The first-order valence-corrected chi connectivity index (χ1v) is 7.98. The molecule has 0 bridgehead atoms. The van der Waals surface area contributed by atoms with Crippen molar-refractivity contribution >= 4 is 38.8 Å². The van der Waals surface area contributed by atoms with E-state index in [0.717, 1.165) is 16.5 Å². The number of halogens is 3. The quantitative estimate of drug-likeness (QED) is 0.528. The van der Waals surface area contributed by atoms with Crippen LogP contribution in [0.4, 0.5) is 8.78 Å². The van der Waals surface area contributed by atoms with Crippen molar-refractivity contribution in [1.82, 2.24) is 9.97 Å². The first kappa shape index (κ1) is 15.2. The van der Waals surface area contributed by atoms with Gasteiger partial charge in [0.2, 0.25) is 0 Å². The maximum atomic E-state index is 14.4. The van der Waals surface area contributed by atoms with Gasteiger partial charge >= 0.3 is 0 Å². The van der Waals surface area contributed by atoms with Crippen LogP contribution in [0.5, 0.6) is 0 Å². The molecule has 1 aromatic carbocycles. The molecule has 0 amide bonds. The molecule has 1 aliphatic carbocycles. The van der Waals surface area contributed by atoms with Crippen LogP contribution in [0.2, 0.25) is 5.02 Å². The smallest absolute Gasteiger partial charge is 0.133 e. The van der Waals surface area contributed by atoms with Gasteiger partial charge in [-0.1, -0.05) is 23.7 Å². The second kappa shape index (κ2) is 5.64. The molecule has 1 unspecified atom stereocenters. The molecule has 0 saturated carbocycles. The van der Waals surface area contributed by atoms with Crippen LogP contribution in [-0.4, -0.2) is 16.1 Å². The minimum absolute atomic E-state index is 0.0211. The van der Waals surface area contributed by atoms with Gasteiger partial charge in [0, 0.05) is 33.5 Å². The number of alkyl halides is 1. The molecule has 1 aliphatic rings. The molecule has 1 atom stereocenters. The Morgan fingerprint density at radius 3 is 2.79 bits per heavy atom. The summed E-state index contributed by atoms with van der Waals surface area (Å²) in [5.74, 6) is -0.595. The van der Waals surface area contributed by atoms with Crippen molar-refractivity contribution in [3.8, 4) is 0 Å². The Morgan fingerprint density at radius 1 is 1.17 bits per heavy atom. The van der Waals surface area contributed by atoms with Gasteiger partial charge in [-0.3, -0.25) is 4.98 Å². The summed E-state index contributed by atoms with van der Waals surface area (Å²) in [5.41, 5.74) is 1.72. The number of benzene rings is 1. The molecular weight excluding hydrogens is 330 g/mol. The van der Waals surface area contributed by atoms with E-state index >= 15 is 0 Å². The van der Waals surface area contributed by atoms with Crippen LogP contribution < -0.4 is 0 Å². The van der Waals surface area contributed by atoms with Gasteiger partial charge < -0.3 is 0 Å². The van der Waals surface area contributed by atoms with Gasteiger partial charge in [-0.05, 0) is 36.6 Å². The van der Waals surface area contributed by atoms with E-state index in [1.165, 1.54) is 12.2 Å². The molecular formula is C19H13ClF2N2. The largest absolute Gasteiger partial charge is 0.259 e. The van der Waals surface area contributed by atoms with Crippen molar-refractivity contribution in [2.45, 2.75) is 19.5 Å². The molecule has 5 heteroatoms. The number of aryl methyl sites for hydroxylation is 1. The lowest BCUT2D eigenvalue weighted by Gasteiger charge is -2.18. The lowest BCUT2D eigenvalue weighted by molar-refractivity contribution is 0.406. The Labute approximate surface area is 142 Å². The fourth-order valence-corrected chi connectivity index (χ4v) is 3.27. The second-order valence-corrected chi connectivity index (χ2v) is 6.30. The van der Waals surface area contributed by atoms with Crippen LogP contribution in [0, 0.1) is 6.92 Å². The molecule has 0 fully saturated rings. The van der Waals surface area contributed by atoms with Gasteiger partial charge in [0.25, 0.3) is 0 Å². The molecule has 0 radical (unpaired) electrons.